The Morgan fingerprint density at radius 1 is 1.12 bits per heavy atom. The van der Waals surface area contributed by atoms with Crippen LogP contribution in [0.1, 0.15) is 38.7 Å². The number of nitrogens with one attached hydrogen (secondary N) is 2. The zero-order valence-corrected chi connectivity index (χ0v) is 23.9. The molecular weight excluding hydrogens is 545 g/mol. The van der Waals surface area contributed by atoms with Crippen molar-refractivity contribution in [3.8, 4) is 0 Å². The lowest BCUT2D eigenvalue weighted by molar-refractivity contribution is -0.141. The molecule has 9 heteroatoms. The largest absolute Gasteiger partial charge is 0.359 e. The van der Waals surface area contributed by atoms with Gasteiger partial charge in [-0.3, -0.25) is 14.4 Å². The van der Waals surface area contributed by atoms with Crippen LogP contribution in [0.5, 0.6) is 0 Å². The predicted octanol–water partition coefficient (Wildman–Crippen LogP) is 4.75. The third-order valence-electron chi connectivity index (χ3n) is 9.63. The number of amides is 3. The van der Waals surface area contributed by atoms with Crippen LogP contribution in [0.4, 0.5) is 10.1 Å². The molecule has 216 valence electrons. The van der Waals surface area contributed by atoms with Gasteiger partial charge in [0.1, 0.15) is 17.5 Å². The minimum atomic E-state index is -1.24. The van der Waals surface area contributed by atoms with Crippen molar-refractivity contribution in [3.63, 3.8) is 0 Å². The highest BCUT2D eigenvalue weighted by atomic mass is 35.5. The van der Waals surface area contributed by atoms with Gasteiger partial charge in [-0.05, 0) is 48.4 Å². The maximum absolute atomic E-state index is 14.2. The second kappa shape index (κ2) is 10.9. The topological polar surface area (TPSA) is 87.7 Å². The number of ether oxygens (including phenoxy) is 1. The van der Waals surface area contributed by atoms with Crippen molar-refractivity contribution in [3.05, 3.63) is 77.1 Å². The Bertz CT molecular complexity index is 1390. The van der Waals surface area contributed by atoms with E-state index < -0.39 is 41.3 Å². The number of benzene rings is 2. The minimum absolute atomic E-state index is 0.0117. The molecule has 2 aromatic rings. The first-order chi connectivity index (χ1) is 19.7. The zero-order valence-electron chi connectivity index (χ0n) is 23.2. The first kappa shape index (κ1) is 27.9. The molecule has 0 aromatic heterocycles. The standard InChI is InChI=1S/C32H35ClFN3O4/c1-18-7-6-10-24(19(18)2)36-30(39)28-32-15-13-25(41-32)26(29(38)35-21-11-12-23(34)22(33)17-21)27(32)31(40)37(28)16-14-20-8-4-3-5-9-20/h3-5,8-9,11-13,15,17-19,24-28H,6-7,10,14,16H2,1-2H3,(H,35,38)(H,36,39)/t18-,19-,24+,25+,26+,27+,28+,32+/m1/s1. The van der Waals surface area contributed by atoms with Gasteiger partial charge in [-0.2, -0.15) is 0 Å². The van der Waals surface area contributed by atoms with Gasteiger partial charge < -0.3 is 20.3 Å². The van der Waals surface area contributed by atoms with Crippen LogP contribution >= 0.6 is 11.6 Å². The Morgan fingerprint density at radius 2 is 1.90 bits per heavy atom. The minimum Gasteiger partial charge on any atom is -0.359 e. The molecule has 0 radical (unpaired) electrons. The summed E-state index contributed by atoms with van der Waals surface area (Å²) in [5, 5.41) is 5.95. The maximum Gasteiger partial charge on any atom is 0.246 e. The summed E-state index contributed by atoms with van der Waals surface area (Å²) >= 11 is 5.92. The van der Waals surface area contributed by atoms with E-state index >= 15 is 0 Å². The van der Waals surface area contributed by atoms with Crippen LogP contribution in [0.15, 0.2) is 60.7 Å². The zero-order chi connectivity index (χ0) is 28.9. The van der Waals surface area contributed by atoms with Crippen LogP contribution in [-0.4, -0.2) is 53.0 Å². The Hall–Kier alpha value is -3.23. The maximum atomic E-state index is 14.2. The molecule has 3 heterocycles. The quantitative estimate of drug-likeness (QED) is 0.463. The fourth-order valence-corrected chi connectivity index (χ4v) is 7.43. The van der Waals surface area contributed by atoms with Crippen LogP contribution in [-0.2, 0) is 25.5 Å². The van der Waals surface area contributed by atoms with Crippen LogP contribution in [0.2, 0.25) is 5.02 Å². The van der Waals surface area contributed by atoms with E-state index in [1.165, 1.54) is 18.2 Å². The molecule has 4 aliphatic rings. The van der Waals surface area contributed by atoms with Gasteiger partial charge in [-0.1, -0.05) is 80.8 Å². The SMILES string of the molecule is C[C@@H]1[C@H](C)CCC[C@@H]1NC(=O)[C@@H]1N(CCc2ccccc2)C(=O)[C@@H]2[C@@H](C(=O)Nc3ccc(F)c(Cl)c3)[C@@H]3C=C[C@]21O3. The predicted molar refractivity (Wildman–Crippen MR) is 154 cm³/mol. The second-order valence-electron chi connectivity index (χ2n) is 12.0. The van der Waals surface area contributed by atoms with E-state index in [9.17, 15) is 18.8 Å². The van der Waals surface area contributed by atoms with Crippen molar-refractivity contribution in [2.75, 3.05) is 11.9 Å². The number of halogens is 2. The molecule has 6 rings (SSSR count). The number of nitrogens with zero attached hydrogens (tertiary/aromatic N) is 1. The summed E-state index contributed by atoms with van der Waals surface area (Å²) in [6.45, 7) is 4.70. The van der Waals surface area contributed by atoms with Crippen LogP contribution in [0.3, 0.4) is 0 Å². The summed E-state index contributed by atoms with van der Waals surface area (Å²) in [7, 11) is 0. The van der Waals surface area contributed by atoms with Gasteiger partial charge in [-0.15, -0.1) is 0 Å². The van der Waals surface area contributed by atoms with Gasteiger partial charge in [0, 0.05) is 18.3 Å². The fourth-order valence-electron chi connectivity index (χ4n) is 7.25. The molecule has 3 amide bonds. The third kappa shape index (κ3) is 4.85. The molecular formula is C32H35ClFN3O4. The molecule has 3 fully saturated rings. The van der Waals surface area contributed by atoms with Crippen molar-refractivity contribution < 1.29 is 23.5 Å². The molecule has 1 saturated carbocycles. The van der Waals surface area contributed by atoms with Gasteiger partial charge >= 0.3 is 0 Å². The average Bonchev–Trinajstić information content (AvgIpc) is 3.60. The highest BCUT2D eigenvalue weighted by Crippen LogP contribution is 2.55. The van der Waals surface area contributed by atoms with E-state index in [4.69, 9.17) is 16.3 Å². The molecule has 41 heavy (non-hydrogen) atoms. The number of carbonyl (C=O) groups excluding carboxylic acids is 3. The third-order valence-corrected chi connectivity index (χ3v) is 9.92. The smallest absolute Gasteiger partial charge is 0.246 e. The van der Waals surface area contributed by atoms with Crippen LogP contribution in [0, 0.1) is 29.5 Å². The lowest BCUT2D eigenvalue weighted by Gasteiger charge is -2.38. The molecule has 8 atom stereocenters. The summed E-state index contributed by atoms with van der Waals surface area (Å²) in [5.41, 5.74) is 0.129. The van der Waals surface area contributed by atoms with Crippen molar-refractivity contribution in [1.29, 1.82) is 0 Å². The first-order valence-corrected chi connectivity index (χ1v) is 14.9. The highest BCUT2D eigenvalue weighted by Gasteiger charge is 2.72. The number of likely N-dealkylation sites (tertiary alicyclic amines) is 1. The molecule has 3 aliphatic heterocycles. The highest BCUT2D eigenvalue weighted by molar-refractivity contribution is 6.31. The molecule has 0 unspecified atom stereocenters. The summed E-state index contributed by atoms with van der Waals surface area (Å²) in [4.78, 5) is 43.5. The second-order valence-corrected chi connectivity index (χ2v) is 12.4. The average molecular weight is 580 g/mol. The molecule has 1 aliphatic carbocycles. The number of hydrogen-bond acceptors (Lipinski definition) is 4. The number of carbonyl (C=O) groups is 3. The van der Waals surface area contributed by atoms with Crippen molar-refractivity contribution in [1.82, 2.24) is 10.2 Å². The van der Waals surface area contributed by atoms with Gasteiger partial charge in [0.2, 0.25) is 17.7 Å². The molecule has 2 N–H and O–H groups in total. The van der Waals surface area contributed by atoms with E-state index in [2.05, 4.69) is 24.5 Å². The van der Waals surface area contributed by atoms with Gasteiger partial charge in [-0.25, -0.2) is 4.39 Å². The Labute approximate surface area is 244 Å². The lowest BCUT2D eigenvalue weighted by Crippen LogP contribution is -2.58. The van der Waals surface area contributed by atoms with E-state index in [0.717, 1.165) is 24.8 Å². The summed E-state index contributed by atoms with van der Waals surface area (Å²) in [6, 6.07) is 12.9. The Kier molecular flexibility index (Phi) is 7.41. The van der Waals surface area contributed by atoms with E-state index in [0.29, 0.717) is 30.5 Å². The van der Waals surface area contributed by atoms with Gasteiger partial charge in [0.05, 0.1) is 23.0 Å². The van der Waals surface area contributed by atoms with Crippen molar-refractivity contribution in [2.45, 2.75) is 63.3 Å². The Balaban J connectivity index is 1.30. The monoisotopic (exact) mass is 579 g/mol. The molecule has 7 nitrogen and oxygen atoms in total. The van der Waals surface area contributed by atoms with E-state index in [1.807, 2.05) is 36.4 Å². The molecule has 2 aromatic carbocycles. The van der Waals surface area contributed by atoms with E-state index in [-0.39, 0.29) is 22.9 Å². The van der Waals surface area contributed by atoms with Crippen LogP contribution < -0.4 is 10.6 Å². The summed E-state index contributed by atoms with van der Waals surface area (Å²) < 4.78 is 20.1. The first-order valence-electron chi connectivity index (χ1n) is 14.5. The molecule has 2 bridgehead atoms. The van der Waals surface area contributed by atoms with Gasteiger partial charge in [0.25, 0.3) is 0 Å². The molecule has 1 spiro atoms. The van der Waals surface area contributed by atoms with Crippen molar-refractivity contribution >= 4 is 35.0 Å². The molecule has 2 saturated heterocycles. The number of fused-ring (bicyclic) bond motifs is 1. The number of hydrogen-bond donors (Lipinski definition) is 2. The number of rotatable bonds is 7. The summed E-state index contributed by atoms with van der Waals surface area (Å²) in [6.07, 6.45) is 6.58. The van der Waals surface area contributed by atoms with Crippen molar-refractivity contribution in [2.24, 2.45) is 23.7 Å². The Morgan fingerprint density at radius 3 is 2.66 bits per heavy atom. The van der Waals surface area contributed by atoms with E-state index in [1.54, 1.807) is 11.0 Å². The summed E-state index contributed by atoms with van der Waals surface area (Å²) in [5.74, 6) is -2.43. The lowest BCUT2D eigenvalue weighted by atomic mass is 9.73. The van der Waals surface area contributed by atoms with Gasteiger partial charge in [0.15, 0.2) is 0 Å². The number of anilines is 1. The van der Waals surface area contributed by atoms with Crippen LogP contribution in [0.25, 0.3) is 0 Å². The fraction of sp³-hybridized carbons (Fsp3) is 0.469. The normalized spacial score (nSPS) is 33.6.